The van der Waals surface area contributed by atoms with Gasteiger partial charge in [0, 0.05) is 12.2 Å². The minimum absolute atomic E-state index is 0.669. The molecule has 0 N–H and O–H groups in total. The Morgan fingerprint density at radius 2 is 2.00 bits per heavy atom. The zero-order chi connectivity index (χ0) is 10.4. The molecule has 66 valence electrons. The summed E-state index contributed by atoms with van der Waals surface area (Å²) in [5.41, 5.74) is 4.63. The Labute approximate surface area is 85.3 Å². The Morgan fingerprint density at radius 1 is 1.36 bits per heavy atom. The van der Waals surface area contributed by atoms with Gasteiger partial charge in [0.25, 0.3) is 0 Å². The molecule has 0 bridgehead atoms. The summed E-state index contributed by atoms with van der Waals surface area (Å²) in [5.74, 6) is 2.27. The van der Waals surface area contributed by atoms with E-state index in [0.29, 0.717) is 11.1 Å². The average molecular weight is 177 g/mol. The van der Waals surface area contributed by atoms with Crippen LogP contribution in [0.1, 0.15) is 12.5 Å². The molecule has 1 aromatic carbocycles. The molecule has 0 saturated carbocycles. The van der Waals surface area contributed by atoms with Crippen LogP contribution < -0.4 is 0 Å². The highest BCUT2D eigenvalue weighted by Gasteiger charge is 1.92. The molecule has 0 saturated heterocycles. The van der Waals surface area contributed by atoms with Gasteiger partial charge in [-0.1, -0.05) is 37.3 Å². The molecule has 0 nitrogen and oxygen atoms in total. The summed E-state index contributed by atoms with van der Waals surface area (Å²) in [6.07, 6.45) is 8.64. The number of hydrogen-bond acceptors (Lipinski definition) is 0. The van der Waals surface area contributed by atoms with Crippen molar-refractivity contribution in [3.05, 3.63) is 66.3 Å². The van der Waals surface area contributed by atoms with E-state index in [1.54, 1.807) is 13.0 Å². The topological polar surface area (TPSA) is 0 Å². The van der Waals surface area contributed by atoms with Crippen molar-refractivity contribution < 1.29 is 0 Å². The van der Waals surface area contributed by atoms with Gasteiger partial charge in [0.2, 0.25) is 0 Å². The number of benzene rings is 1. The second-order valence-electron chi connectivity index (χ2n) is 2.86. The molecule has 0 aliphatic heterocycles. The Balaban J connectivity index is 3.10. The lowest BCUT2D eigenvalue weighted by atomic mass is 10.0. The molecule has 0 unspecified atom stereocenters. The predicted molar refractivity (Wildman–Crippen MR) is 57.5 cm³/mol. The summed E-state index contributed by atoms with van der Waals surface area (Å²) in [6, 6.07) is 9.55. The molecule has 0 aliphatic rings. The van der Waals surface area contributed by atoms with E-state index < -0.39 is 0 Å². The smallest absolute Gasteiger partial charge is 0.0497 e. The lowest BCUT2D eigenvalue weighted by molar-refractivity contribution is 1.55. The lowest BCUT2D eigenvalue weighted by Crippen LogP contribution is -1.79. The minimum Gasteiger partial charge on any atom is -0.366 e. The van der Waals surface area contributed by atoms with E-state index in [0.717, 1.165) is 5.56 Å². The van der Waals surface area contributed by atoms with Crippen molar-refractivity contribution in [3.63, 3.8) is 0 Å². The van der Waals surface area contributed by atoms with Gasteiger partial charge in [0.1, 0.15) is 0 Å². The maximum atomic E-state index is 7.15. The second-order valence-corrected chi connectivity index (χ2v) is 2.86. The lowest BCUT2D eigenvalue weighted by Gasteiger charge is -2.03. The fourth-order valence-corrected chi connectivity index (χ4v) is 1.06. The van der Waals surface area contributed by atoms with Crippen LogP contribution in [0.4, 0.5) is 0 Å². The van der Waals surface area contributed by atoms with Gasteiger partial charge in [-0.25, -0.2) is 0 Å². The fraction of sp³-hybridized carbons (Fsp3) is 0.0714. The molecular weight excluding hydrogens is 168 g/mol. The van der Waals surface area contributed by atoms with Crippen molar-refractivity contribution in [2.75, 3.05) is 0 Å². The summed E-state index contributed by atoms with van der Waals surface area (Å²) in [4.78, 5) is 0. The first-order valence-corrected chi connectivity index (χ1v) is 4.24. The summed E-state index contributed by atoms with van der Waals surface area (Å²) >= 11 is 0. The molecule has 0 aromatic heterocycles. The summed E-state index contributed by atoms with van der Waals surface area (Å²) in [7, 11) is 0. The van der Waals surface area contributed by atoms with E-state index in [9.17, 15) is 0 Å². The third-order valence-electron chi connectivity index (χ3n) is 1.78. The molecule has 0 spiro atoms. The first kappa shape index (κ1) is 10.1. The van der Waals surface area contributed by atoms with E-state index in [-0.39, 0.29) is 0 Å². The molecular formula is C14H9-. The van der Waals surface area contributed by atoms with Crippen molar-refractivity contribution in [1.82, 2.24) is 0 Å². The van der Waals surface area contributed by atoms with E-state index in [2.05, 4.69) is 11.7 Å². The van der Waals surface area contributed by atoms with Gasteiger partial charge in [0.15, 0.2) is 0 Å². The van der Waals surface area contributed by atoms with Gasteiger partial charge < -0.3 is 6.42 Å². The van der Waals surface area contributed by atoms with Crippen LogP contribution in [0, 0.1) is 18.9 Å². The van der Waals surface area contributed by atoms with Gasteiger partial charge in [-0.3, -0.25) is 5.92 Å². The molecule has 0 aliphatic carbocycles. The van der Waals surface area contributed by atoms with E-state index >= 15 is 0 Å². The van der Waals surface area contributed by atoms with E-state index in [1.165, 1.54) is 0 Å². The van der Waals surface area contributed by atoms with Crippen molar-refractivity contribution >= 4 is 5.57 Å². The maximum Gasteiger partial charge on any atom is 0.0497 e. The number of rotatable bonds is 2. The van der Waals surface area contributed by atoms with Crippen LogP contribution in [-0.2, 0) is 0 Å². The molecule has 2 radical (unpaired) electrons. The van der Waals surface area contributed by atoms with E-state index in [4.69, 9.17) is 13.0 Å². The summed E-state index contributed by atoms with van der Waals surface area (Å²) in [5, 5.41) is 0. The Hall–Kier alpha value is -1.96. The highest BCUT2D eigenvalue weighted by atomic mass is 14.0. The Kier molecular flexibility index (Phi) is 3.56. The van der Waals surface area contributed by atoms with Crippen LogP contribution in [0.2, 0.25) is 0 Å². The second kappa shape index (κ2) is 4.92. The molecule has 1 aromatic rings. The molecule has 1 rings (SSSR count). The maximum absolute atomic E-state index is 7.15. The quantitative estimate of drug-likeness (QED) is 0.282. The first-order chi connectivity index (χ1) is 6.77. The van der Waals surface area contributed by atoms with E-state index in [1.807, 2.05) is 30.3 Å². The predicted octanol–water partition coefficient (Wildman–Crippen LogP) is 3.07. The largest absolute Gasteiger partial charge is 0.366 e. The first-order valence-electron chi connectivity index (χ1n) is 4.24. The highest BCUT2D eigenvalue weighted by Crippen LogP contribution is 2.15. The van der Waals surface area contributed by atoms with Crippen molar-refractivity contribution in [2.45, 2.75) is 6.92 Å². The molecule has 0 heteroatoms. The molecule has 0 fully saturated rings. The summed E-state index contributed by atoms with van der Waals surface area (Å²) < 4.78 is 0. The van der Waals surface area contributed by atoms with Gasteiger partial charge in [-0.2, -0.15) is 5.57 Å². The minimum atomic E-state index is 0.669. The third kappa shape index (κ3) is 2.52. The van der Waals surface area contributed by atoms with Gasteiger partial charge in [0.05, 0.1) is 0 Å². The number of hydrogen-bond donors (Lipinski definition) is 0. The number of allylic oxidation sites excluding steroid dienone is 3. The highest BCUT2D eigenvalue weighted by molar-refractivity contribution is 5.74. The third-order valence-corrected chi connectivity index (χ3v) is 1.78. The van der Waals surface area contributed by atoms with Crippen molar-refractivity contribution in [2.24, 2.45) is 0 Å². The fourth-order valence-electron chi connectivity index (χ4n) is 1.06. The molecule has 0 heterocycles. The van der Waals surface area contributed by atoms with Crippen LogP contribution >= 0.6 is 0 Å². The normalized spacial score (nSPS) is 10.1. The van der Waals surface area contributed by atoms with Crippen LogP contribution in [-0.4, -0.2) is 0 Å². The van der Waals surface area contributed by atoms with Gasteiger partial charge >= 0.3 is 0 Å². The zero-order valence-corrected chi connectivity index (χ0v) is 7.96. The molecule has 14 heavy (non-hydrogen) atoms. The zero-order valence-electron chi connectivity index (χ0n) is 7.96. The van der Waals surface area contributed by atoms with Crippen LogP contribution in [0.5, 0.6) is 0 Å². The SMILES string of the molecule is [C]=C=C(/C=C(\C)C#[C-])c1ccccc1. The van der Waals surface area contributed by atoms with Crippen LogP contribution in [0.15, 0.2) is 47.7 Å². The average Bonchev–Trinajstić information content (AvgIpc) is 2.26. The molecule has 0 atom stereocenters. The van der Waals surface area contributed by atoms with Crippen LogP contribution in [0.3, 0.4) is 0 Å². The Morgan fingerprint density at radius 3 is 2.50 bits per heavy atom. The van der Waals surface area contributed by atoms with Gasteiger partial charge in [-0.15, -0.1) is 11.8 Å². The summed E-state index contributed by atoms with van der Waals surface area (Å²) in [6.45, 7) is 8.92. The van der Waals surface area contributed by atoms with Crippen molar-refractivity contribution in [3.8, 4) is 5.92 Å². The molecule has 0 amide bonds. The van der Waals surface area contributed by atoms with Crippen molar-refractivity contribution in [1.29, 1.82) is 0 Å². The van der Waals surface area contributed by atoms with Crippen LogP contribution in [0.25, 0.3) is 5.57 Å². The Bertz CT molecular complexity index is 421. The monoisotopic (exact) mass is 177 g/mol. The van der Waals surface area contributed by atoms with Gasteiger partial charge in [-0.05, 0) is 5.56 Å². The standard InChI is InChI=1S/C14H9/c1-4-12(3)11-13(5-2)14-9-7-6-8-10-14/h6-11H,3H3/q-1/b12-11+.